The second kappa shape index (κ2) is 11.7. The Kier molecular flexibility index (Phi) is 8.66. The Hall–Kier alpha value is -2.47. The maximum Gasteiger partial charge on any atom is 0.294 e. The third-order valence-electron chi connectivity index (χ3n) is 4.92. The van der Waals surface area contributed by atoms with Gasteiger partial charge in [0.05, 0.1) is 13.9 Å². The number of hydrogen-bond donors (Lipinski definition) is 1. The Balaban J connectivity index is 1.43. The Morgan fingerprint density at radius 3 is 2.28 bits per heavy atom. The minimum atomic E-state index is -0.542. The molecule has 0 atom stereocenters. The predicted molar refractivity (Wildman–Crippen MR) is 148 cm³/mol. The van der Waals surface area contributed by atoms with Crippen molar-refractivity contribution in [3.63, 3.8) is 0 Å². The molecule has 1 aliphatic heterocycles. The highest BCUT2D eigenvalue weighted by Crippen LogP contribution is 2.38. The lowest BCUT2D eigenvalue weighted by atomic mass is 10.2. The van der Waals surface area contributed by atoms with E-state index in [2.05, 4.69) is 53.1 Å². The summed E-state index contributed by atoms with van der Waals surface area (Å²) >= 11 is 11.0. The van der Waals surface area contributed by atoms with Gasteiger partial charge in [-0.05, 0) is 109 Å². The summed E-state index contributed by atoms with van der Waals surface area (Å²) in [6, 6.07) is 16.5. The van der Waals surface area contributed by atoms with Gasteiger partial charge >= 0.3 is 0 Å². The molecule has 3 amide bonds. The molecule has 1 heterocycles. The summed E-state index contributed by atoms with van der Waals surface area (Å²) in [5, 5.41) is 2.15. The van der Waals surface area contributed by atoms with Crippen LogP contribution in [0.5, 0.6) is 5.75 Å². The molecule has 0 saturated carbocycles. The number of halogens is 4. The first kappa shape index (κ1) is 26.6. The van der Waals surface area contributed by atoms with E-state index in [9.17, 15) is 18.8 Å². The highest BCUT2D eigenvalue weighted by Gasteiger charge is 2.36. The van der Waals surface area contributed by atoms with Crippen LogP contribution in [0.3, 0.4) is 0 Å². The third kappa shape index (κ3) is 6.64. The molecule has 1 fully saturated rings. The zero-order valence-electron chi connectivity index (χ0n) is 18.3. The normalized spacial score (nSPS) is 14.4. The van der Waals surface area contributed by atoms with Gasteiger partial charge in [0.1, 0.15) is 24.7 Å². The number of nitrogens with zero attached hydrogens (tertiary/aromatic N) is 1. The van der Waals surface area contributed by atoms with Crippen molar-refractivity contribution in [2.75, 3.05) is 11.9 Å². The quantitative estimate of drug-likeness (QED) is 0.261. The van der Waals surface area contributed by atoms with Crippen LogP contribution in [0.4, 0.5) is 14.9 Å². The first-order chi connectivity index (χ1) is 17.2. The average molecular weight is 699 g/mol. The van der Waals surface area contributed by atoms with E-state index >= 15 is 0 Å². The fourth-order valence-electron chi connectivity index (χ4n) is 3.20. The fraction of sp³-hybridized carbons (Fsp3) is 0.0800. The molecule has 1 N–H and O–H groups in total. The molecule has 36 heavy (non-hydrogen) atoms. The van der Waals surface area contributed by atoms with Crippen molar-refractivity contribution in [1.82, 2.24) is 4.90 Å². The van der Waals surface area contributed by atoms with E-state index in [-0.39, 0.29) is 23.9 Å². The molecule has 0 spiro atoms. The highest BCUT2D eigenvalue weighted by molar-refractivity contribution is 9.11. The molecule has 0 radical (unpaired) electrons. The third-order valence-corrected chi connectivity index (χ3v) is 7.53. The van der Waals surface area contributed by atoms with Gasteiger partial charge in [-0.2, -0.15) is 0 Å². The van der Waals surface area contributed by atoms with Gasteiger partial charge in [-0.1, -0.05) is 28.1 Å². The minimum absolute atomic E-state index is 0.204. The van der Waals surface area contributed by atoms with Crippen LogP contribution in [-0.2, 0) is 16.2 Å². The van der Waals surface area contributed by atoms with E-state index < -0.39 is 17.1 Å². The van der Waals surface area contributed by atoms with Gasteiger partial charge < -0.3 is 10.1 Å². The van der Waals surface area contributed by atoms with E-state index in [4.69, 9.17) is 4.74 Å². The number of amides is 3. The van der Waals surface area contributed by atoms with Crippen LogP contribution < -0.4 is 10.1 Å². The molecule has 3 aromatic rings. The van der Waals surface area contributed by atoms with Crippen molar-refractivity contribution in [3.05, 3.63) is 95.9 Å². The number of ether oxygens (including phenoxy) is 1. The SMILES string of the molecule is O=C(CN1C(=O)S/C(=C/c2cc(Br)c(OCc3ccc(F)cc3)c(Br)c2)C1=O)Nc1ccc(Br)cc1. The molecule has 3 aromatic carbocycles. The standard InChI is InChI=1S/C25H16Br3FN2O4S/c26-16-3-7-18(8-4-16)30-22(32)12-31-24(33)21(36-25(31)34)11-15-9-19(27)23(20(28)10-15)35-13-14-1-5-17(29)6-2-14/h1-11H,12-13H2,(H,30,32)/b21-11+. The van der Waals surface area contributed by atoms with Crippen molar-refractivity contribution in [3.8, 4) is 5.75 Å². The maximum absolute atomic E-state index is 13.1. The van der Waals surface area contributed by atoms with Gasteiger partial charge in [0, 0.05) is 10.2 Å². The van der Waals surface area contributed by atoms with Crippen molar-refractivity contribution >= 4 is 88.4 Å². The molecule has 184 valence electrons. The number of nitrogens with one attached hydrogen (secondary N) is 1. The van der Waals surface area contributed by atoms with Crippen LogP contribution in [0.2, 0.25) is 0 Å². The zero-order valence-corrected chi connectivity index (χ0v) is 23.8. The number of carbonyl (C=O) groups excluding carboxylic acids is 3. The lowest BCUT2D eigenvalue weighted by Gasteiger charge is -2.13. The molecular formula is C25H16Br3FN2O4S. The van der Waals surface area contributed by atoms with Crippen molar-refractivity contribution in [2.24, 2.45) is 0 Å². The predicted octanol–water partition coefficient (Wildman–Crippen LogP) is 7.37. The van der Waals surface area contributed by atoms with Gasteiger partial charge in [-0.15, -0.1) is 0 Å². The molecule has 6 nitrogen and oxygen atoms in total. The van der Waals surface area contributed by atoms with Crippen LogP contribution >= 0.6 is 59.6 Å². The average Bonchev–Trinajstić information content (AvgIpc) is 3.08. The molecule has 0 unspecified atom stereocenters. The second-order valence-electron chi connectivity index (χ2n) is 7.55. The summed E-state index contributed by atoms with van der Waals surface area (Å²) in [7, 11) is 0. The minimum Gasteiger partial charge on any atom is -0.487 e. The summed E-state index contributed by atoms with van der Waals surface area (Å²) in [4.78, 5) is 38.7. The first-order valence-corrected chi connectivity index (χ1v) is 13.6. The van der Waals surface area contributed by atoms with Crippen molar-refractivity contribution in [1.29, 1.82) is 0 Å². The van der Waals surface area contributed by atoms with Crippen LogP contribution in [-0.4, -0.2) is 28.5 Å². The summed E-state index contributed by atoms with van der Waals surface area (Å²) < 4.78 is 21.1. The van der Waals surface area contributed by atoms with E-state index in [0.717, 1.165) is 26.7 Å². The first-order valence-electron chi connectivity index (χ1n) is 10.4. The summed E-state index contributed by atoms with van der Waals surface area (Å²) in [5.41, 5.74) is 2.01. The number of carbonyl (C=O) groups is 3. The summed E-state index contributed by atoms with van der Waals surface area (Å²) in [6.07, 6.45) is 1.58. The molecule has 4 rings (SSSR count). The topological polar surface area (TPSA) is 75.7 Å². The molecule has 0 bridgehead atoms. The van der Waals surface area contributed by atoms with Crippen molar-refractivity contribution in [2.45, 2.75) is 6.61 Å². The lowest BCUT2D eigenvalue weighted by molar-refractivity contribution is -0.127. The van der Waals surface area contributed by atoms with Gasteiger partial charge in [0.15, 0.2) is 0 Å². The summed E-state index contributed by atoms with van der Waals surface area (Å²) in [5.74, 6) is -0.803. The van der Waals surface area contributed by atoms with E-state index in [1.165, 1.54) is 12.1 Å². The Morgan fingerprint density at radius 1 is 1.00 bits per heavy atom. The van der Waals surface area contributed by atoms with Crippen LogP contribution in [0.25, 0.3) is 6.08 Å². The Labute approximate surface area is 235 Å². The molecule has 0 aromatic heterocycles. The van der Waals surface area contributed by atoms with E-state index in [1.807, 2.05) is 0 Å². The fourth-order valence-corrected chi connectivity index (χ4v) is 5.76. The number of rotatable bonds is 7. The smallest absolute Gasteiger partial charge is 0.294 e. The Bertz CT molecular complexity index is 1340. The lowest BCUT2D eigenvalue weighted by Crippen LogP contribution is -2.36. The zero-order chi connectivity index (χ0) is 25.8. The molecule has 0 aliphatic carbocycles. The molecule has 1 saturated heterocycles. The van der Waals surface area contributed by atoms with Gasteiger partial charge in [0.25, 0.3) is 11.1 Å². The van der Waals surface area contributed by atoms with Crippen LogP contribution in [0, 0.1) is 5.82 Å². The molecule has 11 heteroatoms. The summed E-state index contributed by atoms with van der Waals surface area (Å²) in [6.45, 7) is -0.153. The number of thioether (sulfide) groups is 1. The van der Waals surface area contributed by atoms with Crippen LogP contribution in [0.15, 0.2) is 79.0 Å². The van der Waals surface area contributed by atoms with Gasteiger partial charge in [-0.3, -0.25) is 19.3 Å². The number of anilines is 1. The number of hydrogen-bond acceptors (Lipinski definition) is 5. The molecule has 1 aliphatic rings. The number of imide groups is 1. The second-order valence-corrected chi connectivity index (χ2v) is 11.2. The monoisotopic (exact) mass is 696 g/mol. The van der Waals surface area contributed by atoms with Crippen molar-refractivity contribution < 1.29 is 23.5 Å². The van der Waals surface area contributed by atoms with E-state index in [1.54, 1.807) is 54.6 Å². The maximum atomic E-state index is 13.1. The van der Waals surface area contributed by atoms with Gasteiger partial charge in [-0.25, -0.2) is 4.39 Å². The number of benzene rings is 3. The highest BCUT2D eigenvalue weighted by atomic mass is 79.9. The van der Waals surface area contributed by atoms with E-state index in [0.29, 0.717) is 25.9 Å². The van der Waals surface area contributed by atoms with Crippen LogP contribution in [0.1, 0.15) is 11.1 Å². The largest absolute Gasteiger partial charge is 0.487 e. The Morgan fingerprint density at radius 2 is 1.64 bits per heavy atom. The van der Waals surface area contributed by atoms with Gasteiger partial charge in [0.2, 0.25) is 5.91 Å². The molecular weight excluding hydrogens is 683 g/mol.